The summed E-state index contributed by atoms with van der Waals surface area (Å²) in [5.74, 6) is -0.619. The Kier molecular flexibility index (Phi) is 3.72. The Morgan fingerprint density at radius 2 is 2.17 bits per heavy atom. The second-order valence-electron chi connectivity index (χ2n) is 3.82. The molecular weight excluding hydrogens is 299 g/mol. The van der Waals surface area contributed by atoms with Crippen LogP contribution in [0.5, 0.6) is 0 Å². The minimum atomic E-state index is -0.388. The van der Waals surface area contributed by atoms with Gasteiger partial charge in [0.1, 0.15) is 11.5 Å². The molecule has 0 bridgehead atoms. The fourth-order valence-corrected chi connectivity index (χ4v) is 2.15. The molecule has 92 valence electrons. The average Bonchev–Trinajstić information content (AvgIpc) is 2.27. The van der Waals surface area contributed by atoms with E-state index in [0.717, 1.165) is 0 Å². The molecule has 0 amide bonds. The van der Waals surface area contributed by atoms with Gasteiger partial charge in [0, 0.05) is 17.1 Å². The van der Waals surface area contributed by atoms with Gasteiger partial charge in [-0.25, -0.2) is 4.39 Å². The zero-order valence-corrected chi connectivity index (χ0v) is 10.9. The summed E-state index contributed by atoms with van der Waals surface area (Å²) in [5, 5.41) is 0. The van der Waals surface area contributed by atoms with Crippen molar-refractivity contribution < 1.29 is 9.18 Å². The number of nitrogens with two attached hydrogens (primary N) is 1. The normalized spacial score (nSPS) is 10.3. The maximum absolute atomic E-state index is 13.2. The zero-order valence-electron chi connectivity index (χ0n) is 9.36. The van der Waals surface area contributed by atoms with Crippen molar-refractivity contribution in [2.24, 2.45) is 0 Å². The van der Waals surface area contributed by atoms with Crippen molar-refractivity contribution >= 4 is 27.4 Å². The van der Waals surface area contributed by atoms with E-state index in [9.17, 15) is 9.18 Å². The van der Waals surface area contributed by atoms with Gasteiger partial charge in [0.15, 0.2) is 5.78 Å². The number of nitrogens with zero attached hydrogens (tertiary/aromatic N) is 1. The third-order valence-corrected chi connectivity index (χ3v) is 2.85. The number of aromatic nitrogens is 1. The van der Waals surface area contributed by atoms with Crippen LogP contribution in [0.15, 0.2) is 41.0 Å². The van der Waals surface area contributed by atoms with Crippen LogP contribution < -0.4 is 5.73 Å². The number of pyridine rings is 1. The molecular formula is C13H10BrFN2O. The lowest BCUT2D eigenvalue weighted by molar-refractivity contribution is 0.0989. The Morgan fingerprint density at radius 3 is 2.83 bits per heavy atom. The van der Waals surface area contributed by atoms with Crippen molar-refractivity contribution in [3.63, 3.8) is 0 Å². The Morgan fingerprint density at radius 1 is 1.39 bits per heavy atom. The van der Waals surface area contributed by atoms with Crippen LogP contribution >= 0.6 is 15.9 Å². The Hall–Kier alpha value is -1.75. The third-order valence-electron chi connectivity index (χ3n) is 2.39. The number of carbonyl (C=O) groups is 1. The molecule has 0 saturated heterocycles. The highest BCUT2D eigenvalue weighted by molar-refractivity contribution is 9.10. The molecule has 3 nitrogen and oxygen atoms in total. The molecule has 0 atom stereocenters. The van der Waals surface area contributed by atoms with Crippen LogP contribution in [0.2, 0.25) is 0 Å². The number of rotatable bonds is 3. The molecule has 2 rings (SSSR count). The van der Waals surface area contributed by atoms with Crippen molar-refractivity contribution in [3.8, 4) is 0 Å². The number of hydrogen-bond donors (Lipinski definition) is 1. The van der Waals surface area contributed by atoms with Crippen LogP contribution in [0.1, 0.15) is 16.1 Å². The number of carbonyl (C=O) groups excluding carboxylic acids is 1. The first-order valence-electron chi connectivity index (χ1n) is 5.25. The number of halogens is 2. The summed E-state index contributed by atoms with van der Waals surface area (Å²) in [6.07, 6.45) is 1.57. The van der Waals surface area contributed by atoms with Crippen LogP contribution in [-0.2, 0) is 6.42 Å². The molecule has 0 aliphatic heterocycles. The molecule has 2 aromatic rings. The Labute approximate surface area is 112 Å². The van der Waals surface area contributed by atoms with Gasteiger partial charge in [-0.1, -0.05) is 15.9 Å². The minimum absolute atomic E-state index is 0.0670. The van der Waals surface area contributed by atoms with E-state index in [1.54, 1.807) is 18.2 Å². The van der Waals surface area contributed by atoms with Crippen molar-refractivity contribution in [2.75, 3.05) is 5.73 Å². The first-order valence-corrected chi connectivity index (χ1v) is 6.04. The number of Topliss-reactive ketones (excluding diaryl/α,β-unsaturated/α-hetero) is 1. The third kappa shape index (κ3) is 2.92. The molecule has 0 unspecified atom stereocenters. The van der Waals surface area contributed by atoms with Gasteiger partial charge >= 0.3 is 0 Å². The number of ketones is 1. The summed E-state index contributed by atoms with van der Waals surface area (Å²) in [7, 11) is 0. The molecule has 2 N–H and O–H groups in total. The van der Waals surface area contributed by atoms with Gasteiger partial charge in [-0.2, -0.15) is 0 Å². The SMILES string of the molecule is Nc1cccnc1C(=O)Cc1cc(F)cc(Br)c1. The van der Waals surface area contributed by atoms with Gasteiger partial charge in [-0.3, -0.25) is 9.78 Å². The molecule has 0 fully saturated rings. The van der Waals surface area contributed by atoms with E-state index in [2.05, 4.69) is 20.9 Å². The van der Waals surface area contributed by atoms with E-state index in [-0.39, 0.29) is 23.7 Å². The fourth-order valence-electron chi connectivity index (χ4n) is 1.63. The summed E-state index contributed by atoms with van der Waals surface area (Å²) in [6.45, 7) is 0. The first kappa shape index (κ1) is 12.7. The van der Waals surface area contributed by atoms with Crippen molar-refractivity contribution in [2.45, 2.75) is 6.42 Å². The summed E-state index contributed by atoms with van der Waals surface area (Å²) >= 11 is 3.18. The first-order chi connectivity index (χ1) is 8.56. The molecule has 1 aromatic carbocycles. The van der Waals surface area contributed by atoms with E-state index in [1.807, 2.05) is 0 Å². The smallest absolute Gasteiger partial charge is 0.187 e. The predicted octanol–water partition coefficient (Wildman–Crippen LogP) is 2.99. The highest BCUT2D eigenvalue weighted by Gasteiger charge is 2.12. The van der Waals surface area contributed by atoms with Gasteiger partial charge in [0.2, 0.25) is 0 Å². The molecule has 18 heavy (non-hydrogen) atoms. The monoisotopic (exact) mass is 308 g/mol. The largest absolute Gasteiger partial charge is 0.397 e. The quantitative estimate of drug-likeness (QED) is 0.887. The maximum atomic E-state index is 13.2. The predicted molar refractivity (Wildman–Crippen MR) is 70.8 cm³/mol. The van der Waals surface area contributed by atoms with Crippen LogP contribution in [0.4, 0.5) is 10.1 Å². The lowest BCUT2D eigenvalue weighted by Gasteiger charge is -2.04. The number of anilines is 1. The topological polar surface area (TPSA) is 56.0 Å². The van der Waals surface area contributed by atoms with Crippen LogP contribution in [0.3, 0.4) is 0 Å². The summed E-state index contributed by atoms with van der Waals surface area (Å²) < 4.78 is 13.8. The van der Waals surface area contributed by atoms with Crippen molar-refractivity contribution in [1.29, 1.82) is 0 Å². The van der Waals surface area contributed by atoms with Crippen LogP contribution in [-0.4, -0.2) is 10.8 Å². The molecule has 0 aliphatic rings. The lowest BCUT2D eigenvalue weighted by Crippen LogP contribution is -2.09. The van der Waals surface area contributed by atoms with Gasteiger partial charge in [-0.05, 0) is 35.9 Å². The zero-order chi connectivity index (χ0) is 13.1. The maximum Gasteiger partial charge on any atom is 0.187 e. The van der Waals surface area contributed by atoms with Crippen LogP contribution in [0.25, 0.3) is 0 Å². The minimum Gasteiger partial charge on any atom is -0.397 e. The number of hydrogen-bond acceptors (Lipinski definition) is 3. The van der Waals surface area contributed by atoms with Crippen molar-refractivity contribution in [1.82, 2.24) is 4.98 Å². The van der Waals surface area contributed by atoms with E-state index < -0.39 is 0 Å². The van der Waals surface area contributed by atoms with Gasteiger partial charge in [0.05, 0.1) is 5.69 Å². The van der Waals surface area contributed by atoms with Crippen molar-refractivity contribution in [3.05, 3.63) is 58.1 Å². The fraction of sp³-hybridized carbons (Fsp3) is 0.0769. The van der Waals surface area contributed by atoms with E-state index in [4.69, 9.17) is 5.73 Å². The standard InChI is InChI=1S/C13H10BrFN2O/c14-9-4-8(5-10(15)7-9)6-12(18)13-11(16)2-1-3-17-13/h1-5,7H,6,16H2. The second kappa shape index (κ2) is 5.27. The summed E-state index contributed by atoms with van der Waals surface area (Å²) in [4.78, 5) is 15.9. The average molecular weight is 309 g/mol. The number of benzene rings is 1. The number of nitrogen functional groups attached to an aromatic ring is 1. The lowest BCUT2D eigenvalue weighted by atomic mass is 10.1. The summed E-state index contributed by atoms with van der Waals surface area (Å²) in [6, 6.07) is 7.62. The highest BCUT2D eigenvalue weighted by Crippen LogP contribution is 2.17. The molecule has 1 aromatic heterocycles. The molecule has 1 heterocycles. The molecule has 0 saturated carbocycles. The Balaban J connectivity index is 2.24. The molecule has 0 radical (unpaired) electrons. The van der Waals surface area contributed by atoms with Crippen LogP contribution in [0, 0.1) is 5.82 Å². The van der Waals surface area contributed by atoms with E-state index in [1.165, 1.54) is 18.3 Å². The van der Waals surface area contributed by atoms with Gasteiger partial charge in [0.25, 0.3) is 0 Å². The van der Waals surface area contributed by atoms with E-state index in [0.29, 0.717) is 15.7 Å². The second-order valence-corrected chi connectivity index (χ2v) is 4.73. The Bertz CT molecular complexity index is 581. The molecule has 0 aliphatic carbocycles. The van der Waals surface area contributed by atoms with Gasteiger partial charge < -0.3 is 5.73 Å². The molecule has 0 spiro atoms. The van der Waals surface area contributed by atoms with Gasteiger partial charge in [-0.15, -0.1) is 0 Å². The molecule has 5 heteroatoms. The summed E-state index contributed by atoms with van der Waals surface area (Å²) in [5.41, 5.74) is 6.80. The highest BCUT2D eigenvalue weighted by atomic mass is 79.9. The van der Waals surface area contributed by atoms with E-state index >= 15 is 0 Å².